The number of carbonyl (C=O) groups is 1. The smallest absolute Gasteiger partial charge is 0.251 e. The molecule has 0 saturated carbocycles. The number of H-pyrrole nitrogens is 1. The number of aromatic nitrogens is 1. The topological polar surface area (TPSA) is 89.8 Å². The van der Waals surface area contributed by atoms with Gasteiger partial charge in [0.1, 0.15) is 0 Å². The van der Waals surface area contributed by atoms with Gasteiger partial charge in [0.2, 0.25) is 5.88 Å². The van der Waals surface area contributed by atoms with E-state index in [-0.39, 0.29) is 11.8 Å². The molecule has 6 heteroatoms. The number of benzene rings is 2. The number of fused-ring (bicyclic) bond motifs is 1. The van der Waals surface area contributed by atoms with Gasteiger partial charge in [-0.3, -0.25) is 4.79 Å². The number of amides is 1. The molecule has 0 aliphatic carbocycles. The SMILES string of the molecule is CCCCC(CC)CNC(=O)c1ccc(N=Nc2c(O)[nH]c3ccccc23)cc1. The molecule has 1 heterocycles. The molecule has 1 unspecified atom stereocenters. The van der Waals surface area contributed by atoms with Crippen LogP contribution in [0.15, 0.2) is 58.8 Å². The average molecular weight is 393 g/mol. The number of azo groups is 1. The lowest BCUT2D eigenvalue weighted by molar-refractivity contribution is 0.0946. The second-order valence-electron chi connectivity index (χ2n) is 7.24. The Morgan fingerprint density at radius 1 is 1.10 bits per heavy atom. The number of rotatable bonds is 9. The lowest BCUT2D eigenvalue weighted by atomic mass is 9.99. The number of carbonyl (C=O) groups excluding carboxylic acids is 1. The van der Waals surface area contributed by atoms with Crippen molar-refractivity contribution in [2.24, 2.45) is 16.1 Å². The van der Waals surface area contributed by atoms with Crippen molar-refractivity contribution in [3.05, 3.63) is 54.1 Å². The van der Waals surface area contributed by atoms with Crippen LogP contribution in [0, 0.1) is 5.92 Å². The zero-order chi connectivity index (χ0) is 20.6. The molecular weight excluding hydrogens is 364 g/mol. The highest BCUT2D eigenvalue weighted by Crippen LogP contribution is 2.36. The standard InChI is InChI=1S/C23H28N4O2/c1-3-5-8-16(4-2)15-24-22(28)17-11-13-18(14-12-17)26-27-21-19-9-6-7-10-20(19)25-23(21)29/h6-7,9-14,16,25,29H,3-5,8,15H2,1-2H3,(H,24,28). The molecule has 0 fully saturated rings. The van der Waals surface area contributed by atoms with Crippen LogP contribution >= 0.6 is 0 Å². The summed E-state index contributed by atoms with van der Waals surface area (Å²) in [6, 6.07) is 14.5. The van der Waals surface area contributed by atoms with Crippen molar-refractivity contribution in [2.45, 2.75) is 39.5 Å². The van der Waals surface area contributed by atoms with E-state index in [2.05, 4.69) is 34.4 Å². The fourth-order valence-electron chi connectivity index (χ4n) is 3.28. The molecule has 0 bridgehead atoms. The summed E-state index contributed by atoms with van der Waals surface area (Å²) in [5.74, 6) is 0.438. The van der Waals surface area contributed by atoms with Crippen molar-refractivity contribution < 1.29 is 9.90 Å². The largest absolute Gasteiger partial charge is 0.493 e. The molecule has 3 N–H and O–H groups in total. The van der Waals surface area contributed by atoms with Crippen molar-refractivity contribution in [1.29, 1.82) is 0 Å². The molecule has 29 heavy (non-hydrogen) atoms. The third-order valence-electron chi connectivity index (χ3n) is 5.15. The Kier molecular flexibility index (Phi) is 7.00. The second-order valence-corrected chi connectivity index (χ2v) is 7.24. The minimum Gasteiger partial charge on any atom is -0.493 e. The summed E-state index contributed by atoms with van der Waals surface area (Å²) in [5, 5.41) is 22.3. The lowest BCUT2D eigenvalue weighted by Crippen LogP contribution is -2.29. The molecule has 1 aromatic heterocycles. The van der Waals surface area contributed by atoms with Crippen LogP contribution in [0.5, 0.6) is 5.88 Å². The predicted octanol–water partition coefficient (Wildman–Crippen LogP) is 6.24. The van der Waals surface area contributed by atoms with E-state index in [1.165, 1.54) is 12.8 Å². The highest BCUT2D eigenvalue weighted by atomic mass is 16.3. The minimum absolute atomic E-state index is 0.0144. The summed E-state index contributed by atoms with van der Waals surface area (Å²) in [5.41, 5.74) is 2.42. The highest BCUT2D eigenvalue weighted by Gasteiger charge is 2.11. The maximum atomic E-state index is 12.4. The molecule has 6 nitrogen and oxygen atoms in total. The highest BCUT2D eigenvalue weighted by molar-refractivity contribution is 5.95. The van der Waals surface area contributed by atoms with Gasteiger partial charge >= 0.3 is 0 Å². The monoisotopic (exact) mass is 392 g/mol. The van der Waals surface area contributed by atoms with Crippen LogP contribution in [0.4, 0.5) is 11.4 Å². The molecule has 0 spiro atoms. The van der Waals surface area contributed by atoms with Gasteiger partial charge in [0.05, 0.1) is 11.2 Å². The zero-order valence-corrected chi connectivity index (χ0v) is 17.0. The molecule has 1 atom stereocenters. The van der Waals surface area contributed by atoms with E-state index in [4.69, 9.17) is 0 Å². The Morgan fingerprint density at radius 3 is 2.59 bits per heavy atom. The summed E-state index contributed by atoms with van der Waals surface area (Å²) >= 11 is 0. The van der Waals surface area contributed by atoms with Crippen molar-refractivity contribution in [3.63, 3.8) is 0 Å². The van der Waals surface area contributed by atoms with Gasteiger partial charge in [-0.05, 0) is 42.7 Å². The molecule has 152 valence electrons. The molecule has 0 aliphatic heterocycles. The van der Waals surface area contributed by atoms with Crippen molar-refractivity contribution in [3.8, 4) is 5.88 Å². The third-order valence-corrected chi connectivity index (χ3v) is 5.15. The lowest BCUT2D eigenvalue weighted by Gasteiger charge is -2.15. The van der Waals surface area contributed by atoms with Gasteiger partial charge in [-0.2, -0.15) is 5.11 Å². The van der Waals surface area contributed by atoms with Gasteiger partial charge in [-0.15, -0.1) is 5.11 Å². The van der Waals surface area contributed by atoms with Gasteiger partial charge < -0.3 is 15.4 Å². The number of nitrogens with zero attached hydrogens (tertiary/aromatic N) is 2. The van der Waals surface area contributed by atoms with Gasteiger partial charge in [-0.25, -0.2) is 0 Å². The number of nitrogens with one attached hydrogen (secondary N) is 2. The molecule has 2 aromatic carbocycles. The van der Waals surface area contributed by atoms with Gasteiger partial charge in [0.15, 0.2) is 5.69 Å². The van der Waals surface area contributed by atoms with E-state index >= 15 is 0 Å². The van der Waals surface area contributed by atoms with Crippen LogP contribution in [0.2, 0.25) is 0 Å². The summed E-state index contributed by atoms with van der Waals surface area (Å²) in [6.45, 7) is 5.05. The molecule has 3 rings (SSSR count). The first-order chi connectivity index (χ1) is 14.1. The van der Waals surface area contributed by atoms with Gasteiger partial charge in [0.25, 0.3) is 5.91 Å². The van der Waals surface area contributed by atoms with Crippen LogP contribution in [0.25, 0.3) is 10.9 Å². The Morgan fingerprint density at radius 2 is 1.86 bits per heavy atom. The Hall–Kier alpha value is -3.15. The van der Waals surface area contributed by atoms with E-state index in [0.717, 1.165) is 23.7 Å². The number of unbranched alkanes of at least 4 members (excludes halogenated alkanes) is 1. The maximum Gasteiger partial charge on any atom is 0.251 e. The fourth-order valence-corrected chi connectivity index (χ4v) is 3.28. The molecule has 1 amide bonds. The Balaban J connectivity index is 1.63. The quantitative estimate of drug-likeness (QED) is 0.376. The van der Waals surface area contributed by atoms with Crippen LogP contribution in [-0.4, -0.2) is 22.5 Å². The number of aromatic amines is 1. The van der Waals surface area contributed by atoms with Gasteiger partial charge in [-0.1, -0.05) is 51.3 Å². The average Bonchev–Trinajstić information content (AvgIpc) is 3.07. The minimum atomic E-state index is -0.0716. The number of aromatic hydroxyl groups is 1. The van der Waals surface area contributed by atoms with Crippen molar-refractivity contribution >= 4 is 28.2 Å². The van der Waals surface area contributed by atoms with E-state index in [9.17, 15) is 9.90 Å². The van der Waals surface area contributed by atoms with E-state index in [1.807, 2.05) is 24.3 Å². The number of hydrogen-bond acceptors (Lipinski definition) is 4. The predicted molar refractivity (Wildman–Crippen MR) is 116 cm³/mol. The fraction of sp³-hybridized carbons (Fsp3) is 0.348. The van der Waals surface area contributed by atoms with E-state index in [0.29, 0.717) is 29.4 Å². The summed E-state index contributed by atoms with van der Waals surface area (Å²) < 4.78 is 0. The van der Waals surface area contributed by atoms with Crippen molar-refractivity contribution in [1.82, 2.24) is 10.3 Å². The summed E-state index contributed by atoms with van der Waals surface area (Å²) in [7, 11) is 0. The maximum absolute atomic E-state index is 12.4. The molecule has 0 saturated heterocycles. The number of para-hydroxylation sites is 1. The summed E-state index contributed by atoms with van der Waals surface area (Å²) in [4.78, 5) is 15.3. The third kappa shape index (κ3) is 5.22. The molecule has 0 aliphatic rings. The molecule has 3 aromatic rings. The zero-order valence-electron chi connectivity index (χ0n) is 17.0. The second kappa shape index (κ2) is 9.87. The van der Waals surface area contributed by atoms with Crippen LogP contribution in [0.1, 0.15) is 49.9 Å². The first-order valence-corrected chi connectivity index (χ1v) is 10.2. The molecular formula is C23H28N4O2. The molecule has 0 radical (unpaired) electrons. The Bertz CT molecular complexity index is 976. The van der Waals surface area contributed by atoms with Crippen LogP contribution < -0.4 is 5.32 Å². The number of hydrogen-bond donors (Lipinski definition) is 3. The first-order valence-electron chi connectivity index (χ1n) is 10.2. The van der Waals surface area contributed by atoms with Crippen molar-refractivity contribution in [2.75, 3.05) is 6.54 Å². The normalized spacial score (nSPS) is 12.5. The summed E-state index contributed by atoms with van der Waals surface area (Å²) in [6.07, 6.45) is 4.59. The van der Waals surface area contributed by atoms with E-state index < -0.39 is 0 Å². The Labute approximate surface area is 171 Å². The van der Waals surface area contributed by atoms with Crippen LogP contribution in [0.3, 0.4) is 0 Å². The first kappa shape index (κ1) is 20.6. The van der Waals surface area contributed by atoms with E-state index in [1.54, 1.807) is 24.3 Å². The van der Waals surface area contributed by atoms with Crippen LogP contribution in [-0.2, 0) is 0 Å². The van der Waals surface area contributed by atoms with Gasteiger partial charge in [0, 0.05) is 17.5 Å².